The minimum absolute atomic E-state index is 0.179. The monoisotopic (exact) mass is 266 g/mol. The van der Waals surface area contributed by atoms with Gasteiger partial charge in [0.25, 0.3) is 5.56 Å². The Hall–Kier alpha value is -2.05. The Morgan fingerprint density at radius 3 is 2.95 bits per heavy atom. The minimum Gasteiger partial charge on any atom is -0.450 e. The lowest BCUT2D eigenvalue weighted by molar-refractivity contribution is 0.0983. The van der Waals surface area contributed by atoms with E-state index in [1.807, 2.05) is 0 Å². The number of aromatic amines is 1. The van der Waals surface area contributed by atoms with Gasteiger partial charge >= 0.3 is 6.09 Å². The Bertz CT molecular complexity index is 480. The molecule has 19 heavy (non-hydrogen) atoms. The van der Waals surface area contributed by atoms with Crippen molar-refractivity contribution < 1.29 is 9.53 Å². The molecule has 1 amide bonds. The summed E-state index contributed by atoms with van der Waals surface area (Å²) < 4.78 is 4.96. The molecule has 2 heterocycles. The number of ether oxygens (including phenoxy) is 1. The van der Waals surface area contributed by atoms with E-state index < -0.39 is 0 Å². The first-order valence-corrected chi connectivity index (χ1v) is 6.42. The lowest BCUT2D eigenvalue weighted by Gasteiger charge is -2.31. The van der Waals surface area contributed by atoms with Gasteiger partial charge in [0.2, 0.25) is 0 Å². The van der Waals surface area contributed by atoms with Crippen LogP contribution in [0.1, 0.15) is 19.8 Å². The van der Waals surface area contributed by atoms with E-state index in [2.05, 4.69) is 15.3 Å². The molecule has 1 aliphatic heterocycles. The van der Waals surface area contributed by atoms with Gasteiger partial charge < -0.3 is 19.9 Å². The van der Waals surface area contributed by atoms with Crippen molar-refractivity contribution in [3.8, 4) is 0 Å². The van der Waals surface area contributed by atoms with Gasteiger partial charge in [-0.1, -0.05) is 0 Å². The smallest absolute Gasteiger partial charge is 0.409 e. The summed E-state index contributed by atoms with van der Waals surface area (Å²) in [4.78, 5) is 30.9. The Labute approximate surface area is 111 Å². The number of nitrogens with one attached hydrogen (secondary N) is 2. The number of anilines is 1. The van der Waals surface area contributed by atoms with Gasteiger partial charge in [0.15, 0.2) is 0 Å². The molecule has 0 atom stereocenters. The van der Waals surface area contributed by atoms with Gasteiger partial charge in [-0.05, 0) is 19.8 Å². The van der Waals surface area contributed by atoms with Crippen LogP contribution in [0.5, 0.6) is 0 Å². The van der Waals surface area contributed by atoms with Crippen molar-refractivity contribution in [1.29, 1.82) is 0 Å². The van der Waals surface area contributed by atoms with E-state index in [0.29, 0.717) is 25.5 Å². The van der Waals surface area contributed by atoms with Crippen molar-refractivity contribution in [3.05, 3.63) is 22.7 Å². The lowest BCUT2D eigenvalue weighted by Crippen LogP contribution is -2.42. The molecule has 2 N–H and O–H groups in total. The van der Waals surface area contributed by atoms with Crippen LogP contribution >= 0.6 is 0 Å². The zero-order valence-corrected chi connectivity index (χ0v) is 10.9. The molecular formula is C12H18N4O3. The van der Waals surface area contributed by atoms with Crippen LogP contribution in [0.4, 0.5) is 10.6 Å². The Balaban J connectivity index is 1.83. The highest BCUT2D eigenvalue weighted by Crippen LogP contribution is 2.14. The molecule has 1 aromatic heterocycles. The van der Waals surface area contributed by atoms with Crippen LogP contribution in [0.2, 0.25) is 0 Å². The predicted molar refractivity (Wildman–Crippen MR) is 70.1 cm³/mol. The van der Waals surface area contributed by atoms with Crippen molar-refractivity contribution in [2.24, 2.45) is 0 Å². The minimum atomic E-state index is -0.254. The fourth-order valence-electron chi connectivity index (χ4n) is 2.08. The molecule has 1 saturated heterocycles. The van der Waals surface area contributed by atoms with Crippen LogP contribution in [-0.4, -0.2) is 46.7 Å². The normalized spacial score (nSPS) is 16.2. The summed E-state index contributed by atoms with van der Waals surface area (Å²) in [6.07, 6.45) is 2.74. The number of carbonyl (C=O) groups excluding carboxylic acids is 1. The van der Waals surface area contributed by atoms with Crippen molar-refractivity contribution >= 4 is 11.9 Å². The van der Waals surface area contributed by atoms with Gasteiger partial charge in [-0.3, -0.25) is 4.79 Å². The van der Waals surface area contributed by atoms with Crippen LogP contribution in [0.15, 0.2) is 17.2 Å². The zero-order chi connectivity index (χ0) is 13.7. The molecule has 2 rings (SSSR count). The van der Waals surface area contributed by atoms with Crippen molar-refractivity contribution in [2.45, 2.75) is 25.8 Å². The van der Waals surface area contributed by atoms with Gasteiger partial charge in [0.05, 0.1) is 12.9 Å². The van der Waals surface area contributed by atoms with Gasteiger partial charge in [0, 0.05) is 25.2 Å². The van der Waals surface area contributed by atoms with Crippen LogP contribution < -0.4 is 10.9 Å². The average Bonchev–Trinajstić information content (AvgIpc) is 2.40. The first-order chi connectivity index (χ1) is 9.19. The summed E-state index contributed by atoms with van der Waals surface area (Å²) in [6, 6.07) is 1.65. The summed E-state index contributed by atoms with van der Waals surface area (Å²) in [6.45, 7) is 3.50. The van der Waals surface area contributed by atoms with E-state index in [1.165, 1.54) is 12.4 Å². The highest BCUT2D eigenvalue weighted by molar-refractivity contribution is 5.67. The van der Waals surface area contributed by atoms with Gasteiger partial charge in [-0.25, -0.2) is 9.78 Å². The molecule has 0 spiro atoms. The van der Waals surface area contributed by atoms with Crippen molar-refractivity contribution in [1.82, 2.24) is 14.9 Å². The van der Waals surface area contributed by atoms with E-state index in [1.54, 1.807) is 11.8 Å². The number of aromatic nitrogens is 2. The second kappa shape index (κ2) is 6.21. The zero-order valence-electron chi connectivity index (χ0n) is 10.9. The highest BCUT2D eigenvalue weighted by atomic mass is 16.6. The summed E-state index contributed by atoms with van der Waals surface area (Å²) in [7, 11) is 0. The summed E-state index contributed by atoms with van der Waals surface area (Å²) in [5.41, 5.74) is -0.179. The average molecular weight is 266 g/mol. The van der Waals surface area contributed by atoms with Gasteiger partial charge in [-0.15, -0.1) is 0 Å². The van der Waals surface area contributed by atoms with Gasteiger partial charge in [0.1, 0.15) is 5.82 Å². The Morgan fingerprint density at radius 1 is 1.58 bits per heavy atom. The number of H-pyrrole nitrogens is 1. The molecule has 1 aliphatic rings. The molecule has 1 aromatic rings. The standard InChI is InChI=1S/C12H18N4O3/c1-2-19-12(18)16-5-3-9(4-6-16)15-10-7-11(17)14-8-13-10/h7-9H,2-6H2,1H3,(H2,13,14,15,17). The second-order valence-electron chi connectivity index (χ2n) is 4.40. The molecule has 7 nitrogen and oxygen atoms in total. The maximum atomic E-state index is 11.5. The molecule has 0 bridgehead atoms. The number of nitrogens with zero attached hydrogens (tertiary/aromatic N) is 2. The topological polar surface area (TPSA) is 87.3 Å². The number of piperidine rings is 1. The third-order valence-corrected chi connectivity index (χ3v) is 3.05. The van der Waals surface area contributed by atoms with E-state index in [-0.39, 0.29) is 17.7 Å². The third-order valence-electron chi connectivity index (χ3n) is 3.05. The number of rotatable bonds is 3. The number of amides is 1. The third kappa shape index (κ3) is 3.70. The first-order valence-electron chi connectivity index (χ1n) is 6.42. The molecular weight excluding hydrogens is 248 g/mol. The highest BCUT2D eigenvalue weighted by Gasteiger charge is 2.23. The van der Waals surface area contributed by atoms with Crippen LogP contribution in [-0.2, 0) is 4.74 Å². The molecule has 104 valence electrons. The summed E-state index contributed by atoms with van der Waals surface area (Å²) >= 11 is 0. The predicted octanol–water partition coefficient (Wildman–Crippen LogP) is 0.803. The summed E-state index contributed by atoms with van der Waals surface area (Å²) in [5.74, 6) is 0.568. The maximum absolute atomic E-state index is 11.5. The molecule has 0 aliphatic carbocycles. The molecule has 0 unspecified atom stereocenters. The van der Waals surface area contributed by atoms with Crippen molar-refractivity contribution in [2.75, 3.05) is 25.0 Å². The fourth-order valence-corrected chi connectivity index (χ4v) is 2.08. The Kier molecular flexibility index (Phi) is 4.38. The van der Waals surface area contributed by atoms with E-state index in [9.17, 15) is 9.59 Å². The van der Waals surface area contributed by atoms with Gasteiger partial charge in [-0.2, -0.15) is 0 Å². The van der Waals surface area contributed by atoms with E-state index >= 15 is 0 Å². The largest absolute Gasteiger partial charge is 0.450 e. The van der Waals surface area contributed by atoms with E-state index in [4.69, 9.17) is 4.74 Å². The van der Waals surface area contributed by atoms with Crippen LogP contribution in [0, 0.1) is 0 Å². The number of hydrogen-bond acceptors (Lipinski definition) is 5. The van der Waals surface area contributed by atoms with E-state index in [0.717, 1.165) is 12.8 Å². The Morgan fingerprint density at radius 2 is 2.32 bits per heavy atom. The molecule has 0 radical (unpaired) electrons. The first kappa shape index (κ1) is 13.4. The number of hydrogen-bond donors (Lipinski definition) is 2. The van der Waals surface area contributed by atoms with Crippen LogP contribution in [0.3, 0.4) is 0 Å². The fraction of sp³-hybridized carbons (Fsp3) is 0.583. The maximum Gasteiger partial charge on any atom is 0.409 e. The molecule has 1 fully saturated rings. The number of carbonyl (C=O) groups is 1. The number of likely N-dealkylation sites (tertiary alicyclic amines) is 1. The van der Waals surface area contributed by atoms with Crippen molar-refractivity contribution in [3.63, 3.8) is 0 Å². The quantitative estimate of drug-likeness (QED) is 0.845. The molecule has 0 aromatic carbocycles. The lowest BCUT2D eigenvalue weighted by atomic mass is 10.1. The van der Waals surface area contributed by atoms with Crippen LogP contribution in [0.25, 0.3) is 0 Å². The second-order valence-corrected chi connectivity index (χ2v) is 4.40. The summed E-state index contributed by atoms with van der Waals surface area (Å²) in [5, 5.41) is 3.20. The SMILES string of the molecule is CCOC(=O)N1CCC(Nc2cc(=O)[nH]cn2)CC1. The molecule has 0 saturated carbocycles. The molecule has 7 heteroatoms.